The van der Waals surface area contributed by atoms with Crippen LogP contribution in [0, 0.1) is 0 Å². The van der Waals surface area contributed by atoms with Crippen LogP contribution in [-0.4, -0.2) is 29.5 Å². The Labute approximate surface area is 123 Å². The lowest BCUT2D eigenvalue weighted by Crippen LogP contribution is -2.37. The predicted molar refractivity (Wildman–Crippen MR) is 70.8 cm³/mol. The maximum atomic E-state index is 12.4. The quantitative estimate of drug-likeness (QED) is 0.813. The van der Waals surface area contributed by atoms with Crippen molar-refractivity contribution in [3.05, 3.63) is 41.0 Å². The first-order valence-electron chi connectivity index (χ1n) is 6.70. The fraction of sp³-hybridized carbons (Fsp3) is 0.357. The van der Waals surface area contributed by atoms with Crippen LogP contribution in [0.2, 0.25) is 0 Å². The molecule has 0 saturated carbocycles. The number of benzene rings is 1. The summed E-state index contributed by atoms with van der Waals surface area (Å²) >= 11 is 0. The molecular formula is C14H12F3N3O2. The summed E-state index contributed by atoms with van der Waals surface area (Å²) in [7, 11) is 0. The third kappa shape index (κ3) is 2.81. The highest BCUT2D eigenvalue weighted by atomic mass is 19.4. The van der Waals surface area contributed by atoms with E-state index in [1.165, 1.54) is 0 Å². The zero-order valence-electron chi connectivity index (χ0n) is 11.4. The molecule has 1 fully saturated rings. The molecule has 0 atom stereocenters. The van der Waals surface area contributed by atoms with Crippen LogP contribution in [0.25, 0.3) is 0 Å². The molecule has 0 spiro atoms. The first kappa shape index (κ1) is 14.6. The topological polar surface area (TPSA) is 59.2 Å². The molecule has 0 aliphatic carbocycles. The van der Waals surface area contributed by atoms with Crippen LogP contribution in [0.15, 0.2) is 22.7 Å². The van der Waals surface area contributed by atoms with Crippen LogP contribution in [-0.2, 0) is 12.6 Å². The molecule has 0 unspecified atom stereocenters. The monoisotopic (exact) mass is 311 g/mol. The Morgan fingerprint density at radius 2 is 2.09 bits per heavy atom. The zero-order valence-corrected chi connectivity index (χ0v) is 11.4. The summed E-state index contributed by atoms with van der Waals surface area (Å²) in [5, 5.41) is 3.34. The van der Waals surface area contributed by atoms with E-state index >= 15 is 0 Å². The molecule has 0 bridgehead atoms. The summed E-state index contributed by atoms with van der Waals surface area (Å²) < 4.78 is 41.5. The number of halogens is 3. The van der Waals surface area contributed by atoms with Crippen LogP contribution in [0.5, 0.6) is 0 Å². The van der Waals surface area contributed by atoms with Crippen LogP contribution in [0.4, 0.5) is 18.9 Å². The van der Waals surface area contributed by atoms with Gasteiger partial charge < -0.3 is 9.42 Å². The lowest BCUT2D eigenvalue weighted by molar-refractivity contribution is -0.159. The van der Waals surface area contributed by atoms with Gasteiger partial charge in [-0.3, -0.25) is 4.79 Å². The lowest BCUT2D eigenvalue weighted by atomic mass is 10.0. The molecule has 3 rings (SSSR count). The number of alkyl halides is 3. The summed E-state index contributed by atoms with van der Waals surface area (Å²) in [6, 6.07) is 5.11. The number of carbonyl (C=O) groups excluding carboxylic acids is 1. The SMILES string of the molecule is O=Cc1ccc(Cc2noc(C(F)(F)F)n2)cc1N1CCC1. The molecule has 116 valence electrons. The molecule has 8 heteroatoms. The van der Waals surface area contributed by atoms with Gasteiger partial charge in [-0.1, -0.05) is 11.2 Å². The molecule has 1 aromatic heterocycles. The van der Waals surface area contributed by atoms with Gasteiger partial charge >= 0.3 is 12.1 Å². The normalized spacial score (nSPS) is 14.8. The molecule has 1 aliphatic heterocycles. The number of aromatic nitrogens is 2. The first-order valence-corrected chi connectivity index (χ1v) is 6.70. The first-order chi connectivity index (χ1) is 10.5. The third-order valence-electron chi connectivity index (χ3n) is 3.49. The number of hydrogen-bond acceptors (Lipinski definition) is 5. The Morgan fingerprint density at radius 1 is 1.32 bits per heavy atom. The molecule has 0 N–H and O–H groups in total. The molecule has 1 saturated heterocycles. The molecule has 1 aliphatic rings. The molecule has 0 radical (unpaired) electrons. The van der Waals surface area contributed by atoms with Crippen LogP contribution >= 0.6 is 0 Å². The van der Waals surface area contributed by atoms with E-state index in [4.69, 9.17) is 0 Å². The van der Waals surface area contributed by atoms with E-state index in [0.717, 1.165) is 37.0 Å². The Bertz CT molecular complexity index is 693. The van der Waals surface area contributed by atoms with Gasteiger partial charge in [0.05, 0.1) is 0 Å². The minimum absolute atomic E-state index is 0.0410. The summed E-state index contributed by atoms with van der Waals surface area (Å²) in [6.45, 7) is 1.73. The minimum Gasteiger partial charge on any atom is -0.371 e. The number of aldehydes is 1. The van der Waals surface area contributed by atoms with Gasteiger partial charge in [-0.05, 0) is 24.1 Å². The van der Waals surface area contributed by atoms with Gasteiger partial charge in [-0.25, -0.2) is 0 Å². The van der Waals surface area contributed by atoms with Gasteiger partial charge in [0, 0.05) is 30.8 Å². The number of hydrogen-bond donors (Lipinski definition) is 0. The molecule has 1 aromatic carbocycles. The van der Waals surface area contributed by atoms with E-state index in [0.29, 0.717) is 5.56 Å². The second-order valence-corrected chi connectivity index (χ2v) is 5.04. The number of anilines is 1. The Hall–Kier alpha value is -2.38. The second kappa shape index (κ2) is 5.43. The molecule has 2 heterocycles. The van der Waals surface area contributed by atoms with Crippen LogP contribution in [0.3, 0.4) is 0 Å². The van der Waals surface area contributed by atoms with Gasteiger partial charge in [0.2, 0.25) is 0 Å². The van der Waals surface area contributed by atoms with Gasteiger partial charge in [-0.15, -0.1) is 0 Å². The van der Waals surface area contributed by atoms with Crippen molar-refractivity contribution in [3.63, 3.8) is 0 Å². The number of rotatable bonds is 4. The molecule has 22 heavy (non-hydrogen) atoms. The highest BCUT2D eigenvalue weighted by Gasteiger charge is 2.38. The summed E-state index contributed by atoms with van der Waals surface area (Å²) in [5.74, 6) is -1.39. The average Bonchev–Trinajstić information content (AvgIpc) is 2.86. The van der Waals surface area contributed by atoms with Gasteiger partial charge in [0.25, 0.3) is 0 Å². The summed E-state index contributed by atoms with van der Waals surface area (Å²) in [6.07, 6.45) is -2.70. The Kier molecular flexibility index (Phi) is 3.59. The predicted octanol–water partition coefficient (Wildman–Crippen LogP) is 2.70. The van der Waals surface area contributed by atoms with Crippen molar-refractivity contribution < 1.29 is 22.5 Å². The third-order valence-corrected chi connectivity index (χ3v) is 3.49. The largest absolute Gasteiger partial charge is 0.471 e. The Balaban J connectivity index is 1.83. The van der Waals surface area contributed by atoms with Crippen molar-refractivity contribution >= 4 is 12.0 Å². The van der Waals surface area contributed by atoms with Crippen molar-refractivity contribution in [1.82, 2.24) is 10.1 Å². The Morgan fingerprint density at radius 3 is 2.64 bits per heavy atom. The van der Waals surface area contributed by atoms with E-state index in [1.54, 1.807) is 18.2 Å². The van der Waals surface area contributed by atoms with Crippen molar-refractivity contribution in [2.24, 2.45) is 0 Å². The van der Waals surface area contributed by atoms with E-state index < -0.39 is 12.1 Å². The average molecular weight is 311 g/mol. The fourth-order valence-electron chi connectivity index (χ4n) is 2.25. The van der Waals surface area contributed by atoms with Gasteiger partial charge in [0.1, 0.15) is 0 Å². The number of carbonyl (C=O) groups is 1. The standard InChI is InChI=1S/C14H12F3N3O2/c15-14(16,17)13-18-12(19-22-13)7-9-2-3-10(8-21)11(6-9)20-4-1-5-20/h2-3,6,8H,1,4-5,7H2. The smallest absolute Gasteiger partial charge is 0.371 e. The van der Waals surface area contributed by atoms with Crippen molar-refractivity contribution in [3.8, 4) is 0 Å². The van der Waals surface area contributed by atoms with Gasteiger partial charge in [0.15, 0.2) is 12.1 Å². The second-order valence-electron chi connectivity index (χ2n) is 5.04. The maximum absolute atomic E-state index is 12.4. The summed E-state index contributed by atoms with van der Waals surface area (Å²) in [4.78, 5) is 16.5. The minimum atomic E-state index is -4.64. The molecule has 0 amide bonds. The molecule has 5 nitrogen and oxygen atoms in total. The van der Waals surface area contributed by atoms with E-state index in [-0.39, 0.29) is 12.2 Å². The molecular weight excluding hydrogens is 299 g/mol. The van der Waals surface area contributed by atoms with Crippen molar-refractivity contribution in [1.29, 1.82) is 0 Å². The van der Waals surface area contributed by atoms with E-state index in [2.05, 4.69) is 14.7 Å². The van der Waals surface area contributed by atoms with Crippen LogP contribution < -0.4 is 4.90 Å². The van der Waals surface area contributed by atoms with Gasteiger partial charge in [-0.2, -0.15) is 18.2 Å². The highest BCUT2D eigenvalue weighted by Crippen LogP contribution is 2.29. The van der Waals surface area contributed by atoms with Crippen molar-refractivity contribution in [2.45, 2.75) is 19.0 Å². The fourth-order valence-corrected chi connectivity index (χ4v) is 2.25. The molecule has 2 aromatic rings. The highest BCUT2D eigenvalue weighted by molar-refractivity contribution is 5.85. The van der Waals surface area contributed by atoms with E-state index in [9.17, 15) is 18.0 Å². The number of nitrogens with zero attached hydrogens (tertiary/aromatic N) is 3. The van der Waals surface area contributed by atoms with Crippen LogP contribution in [0.1, 0.15) is 34.1 Å². The maximum Gasteiger partial charge on any atom is 0.471 e. The summed E-state index contributed by atoms with van der Waals surface area (Å²) in [5.41, 5.74) is 2.08. The van der Waals surface area contributed by atoms with E-state index in [1.807, 2.05) is 4.90 Å². The zero-order chi connectivity index (χ0) is 15.7. The van der Waals surface area contributed by atoms with Crippen molar-refractivity contribution in [2.75, 3.05) is 18.0 Å². The lowest BCUT2D eigenvalue weighted by Gasteiger charge is -2.34.